The number of alkyl halides is 2. The monoisotopic (exact) mass is 237 g/mol. The van der Waals surface area contributed by atoms with Crippen molar-refractivity contribution in [3.8, 4) is 5.88 Å². The van der Waals surface area contributed by atoms with E-state index in [0.717, 1.165) is 0 Å². The lowest BCUT2D eigenvalue weighted by atomic mass is 10.1. The Labute approximate surface area is 96.0 Å². The van der Waals surface area contributed by atoms with Crippen LogP contribution >= 0.6 is 0 Å². The van der Waals surface area contributed by atoms with E-state index >= 15 is 0 Å². The number of rotatable bonds is 3. The zero-order chi connectivity index (χ0) is 12.4. The van der Waals surface area contributed by atoms with Crippen molar-refractivity contribution in [3.05, 3.63) is 35.9 Å². The Morgan fingerprint density at radius 1 is 1.35 bits per heavy atom. The summed E-state index contributed by atoms with van der Waals surface area (Å²) in [6, 6.07) is 8.30. The summed E-state index contributed by atoms with van der Waals surface area (Å²) in [5, 5.41) is 0.623. The zero-order valence-electron chi connectivity index (χ0n) is 8.98. The normalized spacial score (nSPS) is 10.8. The highest BCUT2D eigenvalue weighted by molar-refractivity contribution is 6.03. The molecule has 1 aromatic carbocycles. The summed E-state index contributed by atoms with van der Waals surface area (Å²) in [7, 11) is 1.29. The number of hydrogen-bond acceptors (Lipinski definition) is 3. The number of halogens is 2. The molecule has 0 atom stereocenters. The Balaban J connectivity index is 2.65. The maximum atomic E-state index is 12.4. The van der Waals surface area contributed by atoms with Crippen molar-refractivity contribution >= 4 is 16.7 Å². The molecule has 0 aliphatic carbocycles. The van der Waals surface area contributed by atoms with Crippen LogP contribution < -0.4 is 4.74 Å². The molecule has 0 aliphatic rings. The summed E-state index contributed by atoms with van der Waals surface area (Å²) in [5.41, 5.74) is 0.399. The fraction of sp³-hybridized carbons (Fsp3) is 0.167. The van der Waals surface area contributed by atoms with Crippen LogP contribution in [-0.4, -0.2) is 24.3 Å². The van der Waals surface area contributed by atoms with E-state index in [1.54, 1.807) is 24.3 Å². The van der Waals surface area contributed by atoms with Gasteiger partial charge in [0.1, 0.15) is 0 Å². The highest BCUT2D eigenvalue weighted by Crippen LogP contribution is 2.24. The van der Waals surface area contributed by atoms with Gasteiger partial charge in [0.05, 0.1) is 18.2 Å². The molecule has 5 heteroatoms. The Kier molecular flexibility index (Phi) is 2.99. The lowest BCUT2D eigenvalue weighted by Gasteiger charge is -2.07. The molecule has 0 saturated heterocycles. The fourth-order valence-corrected chi connectivity index (χ4v) is 1.55. The summed E-state index contributed by atoms with van der Waals surface area (Å²) in [6.45, 7) is 0. The molecule has 2 rings (SSSR count). The van der Waals surface area contributed by atoms with Gasteiger partial charge in [0.25, 0.3) is 0 Å². The number of methoxy groups -OCH3 is 1. The van der Waals surface area contributed by atoms with Gasteiger partial charge in [-0.15, -0.1) is 0 Å². The number of para-hydroxylation sites is 1. The Bertz CT molecular complexity index is 569. The third-order valence-electron chi connectivity index (χ3n) is 2.35. The Morgan fingerprint density at radius 2 is 2.06 bits per heavy atom. The number of benzene rings is 1. The number of fused-ring (bicyclic) bond motifs is 1. The summed E-state index contributed by atoms with van der Waals surface area (Å²) < 4.78 is 29.7. The average molecular weight is 237 g/mol. The molecule has 0 amide bonds. The second-order valence-electron chi connectivity index (χ2n) is 3.40. The van der Waals surface area contributed by atoms with Crippen molar-refractivity contribution in [1.29, 1.82) is 0 Å². The molecular formula is C12H9F2NO2. The molecule has 0 radical (unpaired) electrons. The first-order chi connectivity index (χ1) is 8.13. The maximum Gasteiger partial charge on any atom is 0.300 e. The van der Waals surface area contributed by atoms with Gasteiger partial charge in [0.15, 0.2) is 0 Å². The third kappa shape index (κ3) is 2.08. The molecular weight excluding hydrogens is 228 g/mol. The zero-order valence-corrected chi connectivity index (χ0v) is 8.98. The van der Waals surface area contributed by atoms with Crippen LogP contribution in [0, 0.1) is 0 Å². The SMILES string of the molecule is COc1nc2ccccc2cc1C(=O)C(F)F. The lowest BCUT2D eigenvalue weighted by Crippen LogP contribution is -2.12. The van der Waals surface area contributed by atoms with Gasteiger partial charge in [-0.25, -0.2) is 13.8 Å². The molecule has 17 heavy (non-hydrogen) atoms. The minimum atomic E-state index is -3.06. The molecule has 2 aromatic rings. The topological polar surface area (TPSA) is 39.2 Å². The summed E-state index contributed by atoms with van der Waals surface area (Å²) in [5.74, 6) is -1.35. The number of ketones is 1. The summed E-state index contributed by atoms with van der Waals surface area (Å²) in [6.07, 6.45) is -3.06. The van der Waals surface area contributed by atoms with Gasteiger partial charge in [-0.2, -0.15) is 0 Å². The smallest absolute Gasteiger partial charge is 0.300 e. The van der Waals surface area contributed by atoms with E-state index in [9.17, 15) is 13.6 Å². The van der Waals surface area contributed by atoms with E-state index in [4.69, 9.17) is 4.74 Å². The van der Waals surface area contributed by atoms with Gasteiger partial charge in [-0.1, -0.05) is 18.2 Å². The number of pyridine rings is 1. The Morgan fingerprint density at radius 3 is 2.71 bits per heavy atom. The predicted molar refractivity (Wildman–Crippen MR) is 58.6 cm³/mol. The number of nitrogens with zero attached hydrogens (tertiary/aromatic N) is 1. The van der Waals surface area contributed by atoms with Crippen LogP contribution in [0.2, 0.25) is 0 Å². The Hall–Kier alpha value is -2.04. The maximum absolute atomic E-state index is 12.4. The van der Waals surface area contributed by atoms with E-state index in [2.05, 4.69) is 4.98 Å². The molecule has 0 unspecified atom stereocenters. The van der Waals surface area contributed by atoms with Crippen LogP contribution in [0.25, 0.3) is 10.9 Å². The quantitative estimate of drug-likeness (QED) is 0.770. The highest BCUT2D eigenvalue weighted by atomic mass is 19.3. The minimum absolute atomic E-state index is 0.0750. The first-order valence-electron chi connectivity index (χ1n) is 4.89. The van der Waals surface area contributed by atoms with Crippen LogP contribution in [0.1, 0.15) is 10.4 Å². The molecule has 0 spiro atoms. The van der Waals surface area contributed by atoms with Crippen molar-refractivity contribution < 1.29 is 18.3 Å². The number of carbonyl (C=O) groups is 1. The van der Waals surface area contributed by atoms with Crippen molar-refractivity contribution in [3.63, 3.8) is 0 Å². The molecule has 1 heterocycles. The molecule has 0 aliphatic heterocycles. The van der Waals surface area contributed by atoms with Gasteiger partial charge >= 0.3 is 6.43 Å². The van der Waals surface area contributed by atoms with Crippen molar-refractivity contribution in [2.45, 2.75) is 6.43 Å². The van der Waals surface area contributed by atoms with Crippen molar-refractivity contribution in [2.75, 3.05) is 7.11 Å². The number of Topliss-reactive ketones (excluding diaryl/α,β-unsaturated/α-hetero) is 1. The number of hydrogen-bond donors (Lipinski definition) is 0. The van der Waals surface area contributed by atoms with Crippen LogP contribution in [0.3, 0.4) is 0 Å². The predicted octanol–water partition coefficient (Wildman–Crippen LogP) is 2.69. The van der Waals surface area contributed by atoms with Crippen LogP contribution in [-0.2, 0) is 0 Å². The highest BCUT2D eigenvalue weighted by Gasteiger charge is 2.23. The van der Waals surface area contributed by atoms with E-state index in [1.165, 1.54) is 13.2 Å². The molecule has 3 nitrogen and oxygen atoms in total. The number of aromatic nitrogens is 1. The van der Waals surface area contributed by atoms with Gasteiger partial charge < -0.3 is 4.74 Å². The first kappa shape index (κ1) is 11.4. The second kappa shape index (κ2) is 4.45. The van der Waals surface area contributed by atoms with Crippen molar-refractivity contribution in [1.82, 2.24) is 4.98 Å². The van der Waals surface area contributed by atoms with Gasteiger partial charge in [-0.3, -0.25) is 4.79 Å². The van der Waals surface area contributed by atoms with Gasteiger partial charge in [-0.05, 0) is 12.1 Å². The standard InChI is InChI=1S/C12H9F2NO2/c1-17-12-8(10(16)11(13)14)6-7-4-2-3-5-9(7)15-12/h2-6,11H,1H3. The molecule has 1 aromatic heterocycles. The second-order valence-corrected chi connectivity index (χ2v) is 3.40. The largest absolute Gasteiger partial charge is 0.480 e. The fourth-order valence-electron chi connectivity index (χ4n) is 1.55. The van der Waals surface area contributed by atoms with E-state index in [1.807, 2.05) is 0 Å². The van der Waals surface area contributed by atoms with Crippen molar-refractivity contribution in [2.24, 2.45) is 0 Å². The minimum Gasteiger partial charge on any atom is -0.480 e. The average Bonchev–Trinajstić information content (AvgIpc) is 2.36. The summed E-state index contributed by atoms with van der Waals surface area (Å²) >= 11 is 0. The van der Waals surface area contributed by atoms with Gasteiger partial charge in [0.2, 0.25) is 11.7 Å². The molecule has 88 valence electrons. The third-order valence-corrected chi connectivity index (χ3v) is 2.35. The molecule has 0 saturated carbocycles. The van der Waals surface area contributed by atoms with E-state index < -0.39 is 12.2 Å². The molecule has 0 bridgehead atoms. The number of ether oxygens (including phenoxy) is 1. The lowest BCUT2D eigenvalue weighted by molar-refractivity contribution is 0.0675. The number of carbonyl (C=O) groups excluding carboxylic acids is 1. The van der Waals surface area contributed by atoms with E-state index in [0.29, 0.717) is 10.9 Å². The molecule has 0 N–H and O–H groups in total. The van der Waals surface area contributed by atoms with Crippen LogP contribution in [0.5, 0.6) is 5.88 Å². The van der Waals surface area contributed by atoms with Crippen LogP contribution in [0.15, 0.2) is 30.3 Å². The van der Waals surface area contributed by atoms with Gasteiger partial charge in [0, 0.05) is 5.39 Å². The van der Waals surface area contributed by atoms with Crippen LogP contribution in [0.4, 0.5) is 8.78 Å². The summed E-state index contributed by atoms with van der Waals surface area (Å²) in [4.78, 5) is 15.3. The first-order valence-corrected chi connectivity index (χ1v) is 4.89. The molecule has 0 fully saturated rings. The van der Waals surface area contributed by atoms with E-state index in [-0.39, 0.29) is 11.4 Å².